The van der Waals surface area contributed by atoms with Gasteiger partial charge in [0.25, 0.3) is 0 Å². The summed E-state index contributed by atoms with van der Waals surface area (Å²) in [4.78, 5) is 29.2. The van der Waals surface area contributed by atoms with E-state index in [4.69, 9.17) is 23.2 Å². The van der Waals surface area contributed by atoms with Crippen LogP contribution in [0.5, 0.6) is 0 Å². The van der Waals surface area contributed by atoms with Crippen LogP contribution in [0.15, 0.2) is 72.8 Å². The smallest absolute Gasteiger partial charge is 0.244 e. The monoisotopic (exact) mass is 603 g/mol. The number of aryl methyl sites for hydroxylation is 1. The highest BCUT2D eigenvalue weighted by molar-refractivity contribution is 7.92. The van der Waals surface area contributed by atoms with Crippen molar-refractivity contribution in [2.75, 3.05) is 17.1 Å². The number of carbonyl (C=O) groups is 2. The van der Waals surface area contributed by atoms with E-state index < -0.39 is 34.1 Å². The van der Waals surface area contributed by atoms with Gasteiger partial charge in [0.05, 0.1) is 22.0 Å². The van der Waals surface area contributed by atoms with Gasteiger partial charge in [-0.05, 0) is 63.1 Å². The molecule has 0 unspecified atom stereocenters. The molecule has 0 aliphatic carbocycles. The Bertz CT molecular complexity index is 1440. The first kappa shape index (κ1) is 31.5. The molecule has 0 spiro atoms. The highest BCUT2D eigenvalue weighted by Gasteiger charge is 2.34. The van der Waals surface area contributed by atoms with Gasteiger partial charge in [0.15, 0.2) is 0 Å². The molecule has 0 saturated carbocycles. The Kier molecular flexibility index (Phi) is 10.3. The maximum atomic E-state index is 14.1. The Morgan fingerprint density at radius 2 is 1.52 bits per heavy atom. The lowest BCUT2D eigenvalue weighted by molar-refractivity contribution is -0.140. The summed E-state index contributed by atoms with van der Waals surface area (Å²) < 4.78 is 26.7. The number of nitrogens with one attached hydrogen (secondary N) is 1. The van der Waals surface area contributed by atoms with Gasteiger partial charge < -0.3 is 10.2 Å². The van der Waals surface area contributed by atoms with Crippen molar-refractivity contribution in [1.29, 1.82) is 0 Å². The molecule has 3 aromatic rings. The van der Waals surface area contributed by atoms with Gasteiger partial charge in [0.2, 0.25) is 21.8 Å². The molecular weight excluding hydrogens is 569 g/mol. The summed E-state index contributed by atoms with van der Waals surface area (Å²) in [5.41, 5.74) is 2.24. The van der Waals surface area contributed by atoms with Gasteiger partial charge in [-0.1, -0.05) is 77.3 Å². The summed E-state index contributed by atoms with van der Waals surface area (Å²) in [7, 11) is -3.83. The van der Waals surface area contributed by atoms with Crippen LogP contribution in [-0.2, 0) is 32.6 Å². The fourth-order valence-electron chi connectivity index (χ4n) is 4.17. The predicted molar refractivity (Wildman–Crippen MR) is 162 cm³/mol. The summed E-state index contributed by atoms with van der Waals surface area (Å²) in [5, 5.41) is 3.66. The molecule has 7 nitrogen and oxygen atoms in total. The molecule has 0 aromatic heterocycles. The lowest BCUT2D eigenvalue weighted by Crippen LogP contribution is -2.56. The molecule has 1 atom stereocenters. The summed E-state index contributed by atoms with van der Waals surface area (Å²) in [5.74, 6) is -0.895. The van der Waals surface area contributed by atoms with Gasteiger partial charge in [-0.15, -0.1) is 0 Å². The number of hydrogen-bond donors (Lipinski definition) is 1. The molecule has 0 aliphatic rings. The second-order valence-corrected chi connectivity index (χ2v) is 13.5. The number of rotatable bonds is 10. The molecule has 214 valence electrons. The third-order valence-corrected chi connectivity index (χ3v) is 7.99. The molecule has 3 rings (SSSR count). The minimum Gasteiger partial charge on any atom is -0.350 e. The van der Waals surface area contributed by atoms with Gasteiger partial charge >= 0.3 is 0 Å². The minimum atomic E-state index is -3.83. The van der Waals surface area contributed by atoms with E-state index in [1.54, 1.807) is 42.5 Å². The third-order valence-electron chi connectivity index (χ3n) is 6.11. The van der Waals surface area contributed by atoms with Crippen LogP contribution in [-0.4, -0.2) is 49.5 Å². The summed E-state index contributed by atoms with van der Waals surface area (Å²) in [6.45, 7) is 6.99. The van der Waals surface area contributed by atoms with Crippen molar-refractivity contribution in [3.05, 3.63) is 99.5 Å². The molecule has 0 bridgehead atoms. The number of amides is 2. The van der Waals surface area contributed by atoms with Crippen molar-refractivity contribution in [2.45, 2.75) is 52.2 Å². The Morgan fingerprint density at radius 1 is 0.900 bits per heavy atom. The first-order chi connectivity index (χ1) is 18.6. The molecule has 3 aromatic carbocycles. The van der Waals surface area contributed by atoms with Crippen LogP contribution >= 0.6 is 23.2 Å². The van der Waals surface area contributed by atoms with Crippen LogP contribution in [0.4, 0.5) is 5.69 Å². The zero-order valence-corrected chi connectivity index (χ0v) is 25.6. The fraction of sp³-hybridized carbons (Fsp3) is 0.333. The highest BCUT2D eigenvalue weighted by Crippen LogP contribution is 2.25. The van der Waals surface area contributed by atoms with Crippen molar-refractivity contribution in [2.24, 2.45) is 0 Å². The quantitative estimate of drug-likeness (QED) is 0.326. The molecular formula is C30H35Cl2N3O4S. The SMILES string of the molecule is Cc1ccc(N(CC(=O)N(Cc2ccc(Cl)c(Cl)c2)[C@H](Cc2ccccc2)C(=O)NC(C)(C)C)S(C)(=O)=O)cc1. The zero-order chi connectivity index (χ0) is 29.7. The second kappa shape index (κ2) is 13.1. The molecule has 0 radical (unpaired) electrons. The Morgan fingerprint density at radius 3 is 2.08 bits per heavy atom. The average molecular weight is 605 g/mol. The molecule has 10 heteroatoms. The topological polar surface area (TPSA) is 86.8 Å². The summed E-state index contributed by atoms with van der Waals surface area (Å²) in [6.07, 6.45) is 1.27. The van der Waals surface area contributed by atoms with Gasteiger partial charge in [0, 0.05) is 18.5 Å². The summed E-state index contributed by atoms with van der Waals surface area (Å²) in [6, 6.07) is 20.3. The third kappa shape index (κ3) is 8.98. The Hall–Kier alpha value is -3.07. The lowest BCUT2D eigenvalue weighted by atomic mass is 10.0. The number of carbonyl (C=O) groups excluding carboxylic acids is 2. The Labute approximate surface area is 247 Å². The van der Waals surface area contributed by atoms with Gasteiger partial charge in [0.1, 0.15) is 12.6 Å². The molecule has 1 N–H and O–H groups in total. The van der Waals surface area contributed by atoms with E-state index in [1.165, 1.54) is 4.90 Å². The maximum absolute atomic E-state index is 14.1. The predicted octanol–water partition coefficient (Wildman–Crippen LogP) is 5.62. The fourth-order valence-corrected chi connectivity index (χ4v) is 5.34. The van der Waals surface area contributed by atoms with Crippen molar-refractivity contribution < 1.29 is 18.0 Å². The normalized spacial score (nSPS) is 12.5. The van der Waals surface area contributed by atoms with Crippen molar-refractivity contribution in [3.8, 4) is 0 Å². The van der Waals surface area contributed by atoms with Crippen LogP contribution in [0.25, 0.3) is 0 Å². The lowest BCUT2D eigenvalue weighted by Gasteiger charge is -2.35. The van der Waals surface area contributed by atoms with Crippen LogP contribution in [0.1, 0.15) is 37.5 Å². The first-order valence-corrected chi connectivity index (χ1v) is 15.4. The van der Waals surface area contributed by atoms with E-state index in [-0.39, 0.29) is 18.9 Å². The van der Waals surface area contributed by atoms with E-state index in [0.29, 0.717) is 21.3 Å². The average Bonchev–Trinajstić information content (AvgIpc) is 2.86. The number of hydrogen-bond acceptors (Lipinski definition) is 4. The zero-order valence-electron chi connectivity index (χ0n) is 23.3. The number of anilines is 1. The minimum absolute atomic E-state index is 0.0102. The molecule has 0 aliphatic heterocycles. The first-order valence-electron chi connectivity index (χ1n) is 12.8. The molecule has 40 heavy (non-hydrogen) atoms. The number of benzene rings is 3. The summed E-state index contributed by atoms with van der Waals surface area (Å²) >= 11 is 12.4. The highest BCUT2D eigenvalue weighted by atomic mass is 35.5. The van der Waals surface area contributed by atoms with E-state index in [9.17, 15) is 18.0 Å². The van der Waals surface area contributed by atoms with Gasteiger partial charge in [-0.2, -0.15) is 0 Å². The van der Waals surface area contributed by atoms with Crippen LogP contribution in [0.2, 0.25) is 10.0 Å². The largest absolute Gasteiger partial charge is 0.350 e. The molecule has 0 fully saturated rings. The number of halogens is 2. The van der Waals surface area contributed by atoms with Crippen molar-refractivity contribution >= 4 is 50.7 Å². The van der Waals surface area contributed by atoms with E-state index in [1.807, 2.05) is 58.0 Å². The van der Waals surface area contributed by atoms with Crippen molar-refractivity contribution in [1.82, 2.24) is 10.2 Å². The molecule has 0 heterocycles. The van der Waals surface area contributed by atoms with Crippen LogP contribution < -0.4 is 9.62 Å². The molecule has 2 amide bonds. The van der Waals surface area contributed by atoms with Crippen LogP contribution in [0, 0.1) is 6.92 Å². The second-order valence-electron chi connectivity index (χ2n) is 10.8. The standard InChI is InChI=1S/C30H35Cl2N3O4S/c1-21-11-14-24(15-12-21)35(40(5,38)39)20-28(36)34(19-23-13-16-25(31)26(32)17-23)27(29(37)33-30(2,3)4)18-22-9-7-6-8-10-22/h6-17,27H,18-20H2,1-5H3,(H,33,37)/t27-/m1/s1. The number of nitrogens with zero attached hydrogens (tertiary/aromatic N) is 2. The molecule has 0 saturated heterocycles. The van der Waals surface area contributed by atoms with E-state index in [0.717, 1.165) is 21.7 Å². The van der Waals surface area contributed by atoms with Gasteiger partial charge in [-0.25, -0.2) is 8.42 Å². The van der Waals surface area contributed by atoms with E-state index >= 15 is 0 Å². The van der Waals surface area contributed by atoms with Crippen molar-refractivity contribution in [3.63, 3.8) is 0 Å². The van der Waals surface area contributed by atoms with Crippen LogP contribution in [0.3, 0.4) is 0 Å². The maximum Gasteiger partial charge on any atom is 0.244 e. The van der Waals surface area contributed by atoms with E-state index in [2.05, 4.69) is 5.32 Å². The van der Waals surface area contributed by atoms with Gasteiger partial charge in [-0.3, -0.25) is 13.9 Å². The number of sulfonamides is 1. The Balaban J connectivity index is 2.08.